The van der Waals surface area contributed by atoms with Crippen LogP contribution in [0, 0.1) is 23.7 Å². The van der Waals surface area contributed by atoms with E-state index in [0.717, 1.165) is 0 Å². The molecule has 0 spiro atoms. The number of aliphatic hydroxyl groups is 1. The lowest BCUT2D eigenvalue weighted by Crippen LogP contribution is -2.74. The number of fused-ring (bicyclic) bond motifs is 3. The Labute approximate surface area is 227 Å². The number of amides is 1. The fourth-order valence-corrected chi connectivity index (χ4v) is 6.59. The summed E-state index contributed by atoms with van der Waals surface area (Å²) in [6, 6.07) is 0.653. The van der Waals surface area contributed by atoms with Gasteiger partial charge in [0.25, 0.3) is 0 Å². The number of primary amides is 1. The van der Waals surface area contributed by atoms with Crippen LogP contribution in [-0.2, 0) is 25.6 Å². The summed E-state index contributed by atoms with van der Waals surface area (Å²) in [5.74, 6) is -10.5. The quantitative estimate of drug-likeness (QED) is 0.402. The second-order valence-corrected chi connectivity index (χ2v) is 11.5. The first-order valence-electron chi connectivity index (χ1n) is 12.9. The predicted molar refractivity (Wildman–Crippen MR) is 143 cm³/mol. The molecule has 11 nitrogen and oxygen atoms in total. The van der Waals surface area contributed by atoms with Crippen LogP contribution in [0.5, 0.6) is 5.75 Å². The third-order valence-corrected chi connectivity index (χ3v) is 8.32. The molecule has 1 aromatic carbocycles. The van der Waals surface area contributed by atoms with Gasteiger partial charge in [-0.15, -0.1) is 0 Å². The molecule has 3 aliphatic carbocycles. The van der Waals surface area contributed by atoms with Gasteiger partial charge in [-0.3, -0.25) is 28.9 Å². The van der Waals surface area contributed by atoms with Crippen LogP contribution in [0.15, 0.2) is 12.1 Å². The Balaban J connectivity index is 1.87. The van der Waals surface area contributed by atoms with Crippen molar-refractivity contribution in [3.8, 4) is 5.75 Å². The molecule has 2 saturated carbocycles. The Bertz CT molecular complexity index is 1300. The Morgan fingerprint density at radius 3 is 2.28 bits per heavy atom. The van der Waals surface area contributed by atoms with Crippen molar-refractivity contribution in [1.82, 2.24) is 9.80 Å². The van der Waals surface area contributed by atoms with Gasteiger partial charge in [-0.05, 0) is 58.6 Å². The summed E-state index contributed by atoms with van der Waals surface area (Å²) >= 11 is 0. The van der Waals surface area contributed by atoms with Crippen molar-refractivity contribution in [3.63, 3.8) is 0 Å². The molecule has 4 N–H and O–H groups in total. The lowest BCUT2D eigenvalue weighted by atomic mass is 9.52. The fourth-order valence-electron chi connectivity index (χ4n) is 6.59. The maximum Gasteiger partial charge on any atom is 0.235 e. The summed E-state index contributed by atoms with van der Waals surface area (Å²) in [6.45, 7) is 0.592. The van der Waals surface area contributed by atoms with Crippen molar-refractivity contribution in [1.29, 1.82) is 0 Å². The van der Waals surface area contributed by atoms with Crippen LogP contribution in [0.2, 0.25) is 0 Å². The van der Waals surface area contributed by atoms with Gasteiger partial charge in [0.05, 0.1) is 17.5 Å². The zero-order chi connectivity index (χ0) is 29.1. The first kappa shape index (κ1) is 28.6. The highest BCUT2D eigenvalue weighted by Crippen LogP contribution is 2.52. The van der Waals surface area contributed by atoms with E-state index in [1.54, 1.807) is 26.2 Å². The van der Waals surface area contributed by atoms with Gasteiger partial charge in [0.1, 0.15) is 5.75 Å². The fraction of sp³-hybridized carbons (Fsp3) is 0.536. The van der Waals surface area contributed by atoms with E-state index in [4.69, 9.17) is 5.73 Å². The molecule has 39 heavy (non-hydrogen) atoms. The number of phenols is 1. The number of hydrogen-bond donors (Lipinski definition) is 3. The molecule has 2 fully saturated rings. The van der Waals surface area contributed by atoms with Gasteiger partial charge >= 0.3 is 0 Å². The molecular weight excluding hydrogens is 504 g/mol. The third kappa shape index (κ3) is 4.29. The van der Waals surface area contributed by atoms with Gasteiger partial charge in [-0.1, -0.05) is 12.2 Å². The summed E-state index contributed by atoms with van der Waals surface area (Å²) in [5, 5.41) is 22.9. The summed E-state index contributed by atoms with van der Waals surface area (Å²) in [5.41, 5.74) is 4.27. The van der Waals surface area contributed by atoms with Crippen molar-refractivity contribution in [3.05, 3.63) is 28.8 Å². The Morgan fingerprint density at radius 1 is 1.10 bits per heavy atom. The summed E-state index contributed by atoms with van der Waals surface area (Å²) in [6.07, 6.45) is 3.76. The zero-order valence-corrected chi connectivity index (χ0v) is 23.1. The van der Waals surface area contributed by atoms with Crippen molar-refractivity contribution in [2.24, 2.45) is 29.4 Å². The number of ketones is 4. The van der Waals surface area contributed by atoms with E-state index in [1.165, 1.54) is 4.90 Å². The van der Waals surface area contributed by atoms with E-state index in [0.29, 0.717) is 23.4 Å². The van der Waals surface area contributed by atoms with Crippen molar-refractivity contribution in [2.45, 2.75) is 24.5 Å². The number of hydrogen-bond acceptors (Lipinski definition) is 10. The standard InChI is InChI=1S/C28H36N4O7/c1-30(2)9-7-8-13-12-17(31(3)4)15-10-14-11-16-21(32(5)6)24(35)20(27(29)38)26(37)28(16,39)25(36)18(14)23(34)19(15)22(13)33/h7-8,12,14,16,18,20-21,33,39H,9-11H2,1-6H3,(H2,29,38)/t14-,16-,18?,20?,21+,28-/m0/s1. The van der Waals surface area contributed by atoms with Crippen LogP contribution in [-0.4, -0.2) is 110 Å². The highest BCUT2D eigenvalue weighted by Gasteiger charge is 2.69. The average Bonchev–Trinajstić information content (AvgIpc) is 2.81. The molecule has 6 atom stereocenters. The maximum absolute atomic E-state index is 14.0. The minimum absolute atomic E-state index is 0.0159. The largest absolute Gasteiger partial charge is 0.507 e. The molecule has 0 radical (unpaired) electrons. The van der Waals surface area contributed by atoms with E-state index in [1.807, 2.05) is 44.1 Å². The maximum atomic E-state index is 14.0. The number of rotatable bonds is 6. The first-order chi connectivity index (χ1) is 18.1. The van der Waals surface area contributed by atoms with E-state index < -0.39 is 64.4 Å². The number of anilines is 1. The molecule has 11 heteroatoms. The zero-order valence-electron chi connectivity index (χ0n) is 23.1. The van der Waals surface area contributed by atoms with Gasteiger partial charge in [0, 0.05) is 37.8 Å². The number of benzene rings is 1. The van der Waals surface area contributed by atoms with Crippen molar-refractivity contribution >= 4 is 40.8 Å². The van der Waals surface area contributed by atoms with Gasteiger partial charge in [-0.2, -0.15) is 0 Å². The molecule has 0 saturated heterocycles. The van der Waals surface area contributed by atoms with Gasteiger partial charge in [0.2, 0.25) is 5.91 Å². The Kier molecular flexibility index (Phi) is 7.30. The minimum Gasteiger partial charge on any atom is -0.507 e. The second-order valence-electron chi connectivity index (χ2n) is 11.5. The topological polar surface area (TPSA) is 162 Å². The van der Waals surface area contributed by atoms with E-state index in [-0.39, 0.29) is 24.2 Å². The highest BCUT2D eigenvalue weighted by atomic mass is 16.3. The van der Waals surface area contributed by atoms with Gasteiger partial charge < -0.3 is 25.7 Å². The SMILES string of the molecule is CN(C)CC=Cc1cc(N(C)C)c2c(c1O)C(=O)C1C(=O)[C@]3(O)C(=O)C(C(N)=O)C(=O)[C@H](N(C)C)[C@@H]3C[C@@H]1C2. The molecule has 0 aliphatic heterocycles. The van der Waals surface area contributed by atoms with E-state index >= 15 is 0 Å². The van der Waals surface area contributed by atoms with Crippen LogP contribution in [0.1, 0.15) is 27.9 Å². The molecule has 3 aliphatic rings. The monoisotopic (exact) mass is 540 g/mol. The van der Waals surface area contributed by atoms with Crippen LogP contribution in [0.4, 0.5) is 5.69 Å². The molecule has 1 aromatic rings. The van der Waals surface area contributed by atoms with E-state index in [9.17, 15) is 34.2 Å². The predicted octanol–water partition coefficient (Wildman–Crippen LogP) is -0.492. The van der Waals surface area contributed by atoms with Crippen LogP contribution < -0.4 is 10.6 Å². The number of nitrogens with zero attached hydrogens (tertiary/aromatic N) is 3. The molecule has 4 rings (SSSR count). The Morgan fingerprint density at radius 2 is 1.74 bits per heavy atom. The number of nitrogens with two attached hydrogens (primary N) is 1. The first-order valence-corrected chi connectivity index (χ1v) is 12.9. The van der Waals surface area contributed by atoms with Crippen molar-refractivity contribution < 1.29 is 34.2 Å². The summed E-state index contributed by atoms with van der Waals surface area (Å²) in [7, 11) is 10.5. The molecule has 2 unspecified atom stereocenters. The molecule has 0 aromatic heterocycles. The second kappa shape index (κ2) is 9.96. The van der Waals surface area contributed by atoms with Gasteiger partial charge in [-0.25, -0.2) is 0 Å². The molecule has 1 amide bonds. The molecule has 0 heterocycles. The number of likely N-dealkylation sites (N-methyl/N-ethyl adjacent to an activating group) is 2. The summed E-state index contributed by atoms with van der Waals surface area (Å²) in [4.78, 5) is 71.9. The van der Waals surface area contributed by atoms with Crippen LogP contribution >= 0.6 is 0 Å². The summed E-state index contributed by atoms with van der Waals surface area (Å²) < 4.78 is 0. The number of aromatic hydroxyl groups is 1. The van der Waals surface area contributed by atoms with Gasteiger partial charge in [0.15, 0.2) is 34.7 Å². The molecule has 0 bridgehead atoms. The van der Waals surface area contributed by atoms with Crippen LogP contribution in [0.3, 0.4) is 0 Å². The molecular formula is C28H36N4O7. The minimum atomic E-state index is -2.74. The third-order valence-electron chi connectivity index (χ3n) is 8.32. The van der Waals surface area contributed by atoms with Crippen molar-refractivity contribution in [2.75, 3.05) is 53.7 Å². The number of phenolic OH excluding ortho intramolecular Hbond substituents is 1. The lowest BCUT2D eigenvalue weighted by molar-refractivity contribution is -0.181. The highest BCUT2D eigenvalue weighted by molar-refractivity contribution is 6.32. The smallest absolute Gasteiger partial charge is 0.235 e. The number of carbonyl (C=O) groups is 5. The van der Waals surface area contributed by atoms with E-state index in [2.05, 4.69) is 0 Å². The lowest BCUT2D eigenvalue weighted by Gasteiger charge is -2.52. The number of Topliss-reactive ketones (excluding diaryl/α,β-unsaturated/α-hetero) is 4. The normalized spacial score (nSPS) is 30.5. The average molecular weight is 541 g/mol. The van der Waals surface area contributed by atoms with Crippen LogP contribution in [0.25, 0.3) is 6.08 Å². The molecule has 210 valence electrons. The Hall–Kier alpha value is -3.41. The number of carbonyl (C=O) groups excluding carboxylic acids is 5.